The lowest BCUT2D eigenvalue weighted by atomic mass is 9.72. The number of nitrogens with two attached hydrogens (primary N) is 1. The van der Waals surface area contributed by atoms with Crippen molar-refractivity contribution in [2.45, 2.75) is 83.5 Å². The van der Waals surface area contributed by atoms with Gasteiger partial charge in [-0.2, -0.15) is 13.2 Å². The molecule has 220 valence electrons. The Balaban J connectivity index is 1.52. The van der Waals surface area contributed by atoms with Gasteiger partial charge in [0.05, 0.1) is 24.1 Å². The maximum absolute atomic E-state index is 13.5. The van der Waals surface area contributed by atoms with E-state index in [1.165, 1.54) is 0 Å². The molecule has 0 unspecified atom stereocenters. The third-order valence-electron chi connectivity index (χ3n) is 8.98. The number of nitrogens with zero attached hydrogens (tertiary/aromatic N) is 1. The van der Waals surface area contributed by atoms with E-state index in [1.54, 1.807) is 25.0 Å². The van der Waals surface area contributed by atoms with E-state index in [4.69, 9.17) is 15.2 Å². The molecule has 2 fully saturated rings. The van der Waals surface area contributed by atoms with Gasteiger partial charge >= 0.3 is 12.3 Å². The maximum atomic E-state index is 13.5. The minimum Gasteiger partial charge on any atom is -0.496 e. The highest BCUT2D eigenvalue weighted by Gasteiger charge is 2.50. The summed E-state index contributed by atoms with van der Waals surface area (Å²) in [5.41, 5.74) is 8.97. The minimum absolute atomic E-state index is 0.0148. The average molecular weight is 571 g/mol. The van der Waals surface area contributed by atoms with Crippen LogP contribution in [0.3, 0.4) is 0 Å². The molecular formula is C32H37F3N2O4. The lowest BCUT2D eigenvalue weighted by molar-refractivity contribution is -0.137. The number of aryl methyl sites for hydroxylation is 1. The van der Waals surface area contributed by atoms with E-state index < -0.39 is 35.4 Å². The second-order valence-corrected chi connectivity index (χ2v) is 12.6. The minimum atomic E-state index is -4.50. The lowest BCUT2D eigenvalue weighted by Gasteiger charge is -2.36. The number of carbonyl (C=O) groups excluding carboxylic acids is 2. The number of hydrogen-bond acceptors (Lipinski definition) is 4. The molecule has 2 amide bonds. The van der Waals surface area contributed by atoms with Crippen molar-refractivity contribution >= 4 is 17.6 Å². The molecule has 6 nitrogen and oxygen atoms in total. The predicted molar refractivity (Wildman–Crippen MR) is 149 cm³/mol. The van der Waals surface area contributed by atoms with E-state index in [9.17, 15) is 22.8 Å². The summed E-state index contributed by atoms with van der Waals surface area (Å²) in [5.74, 6) is 0.340. The van der Waals surface area contributed by atoms with E-state index in [1.807, 2.05) is 25.1 Å². The Labute approximate surface area is 238 Å². The van der Waals surface area contributed by atoms with Crippen molar-refractivity contribution in [3.63, 3.8) is 0 Å². The van der Waals surface area contributed by atoms with Crippen LogP contribution in [-0.2, 0) is 21.1 Å². The number of hydrogen-bond donors (Lipinski definition) is 1. The summed E-state index contributed by atoms with van der Waals surface area (Å²) in [6, 6.07) is 9.10. The molecule has 2 aromatic rings. The van der Waals surface area contributed by atoms with Crippen LogP contribution in [0.5, 0.6) is 5.75 Å². The van der Waals surface area contributed by atoms with Crippen LogP contribution in [-0.4, -0.2) is 36.6 Å². The number of cyclic esters (lactones) is 1. The number of halogens is 3. The van der Waals surface area contributed by atoms with Crippen LogP contribution in [0.15, 0.2) is 42.0 Å². The topological polar surface area (TPSA) is 81.9 Å². The highest BCUT2D eigenvalue weighted by molar-refractivity contribution is 5.90. The highest BCUT2D eigenvalue weighted by Crippen LogP contribution is 2.51. The van der Waals surface area contributed by atoms with Crippen LogP contribution in [0.4, 0.5) is 18.0 Å². The zero-order valence-electron chi connectivity index (χ0n) is 24.2. The first kappa shape index (κ1) is 29.0. The van der Waals surface area contributed by atoms with E-state index in [-0.39, 0.29) is 17.9 Å². The molecule has 5 rings (SSSR count). The van der Waals surface area contributed by atoms with Crippen molar-refractivity contribution in [3.8, 4) is 5.75 Å². The first-order valence-electron chi connectivity index (χ1n) is 14.0. The summed E-state index contributed by atoms with van der Waals surface area (Å²) in [6.07, 6.45) is -2.07. The van der Waals surface area contributed by atoms with Crippen molar-refractivity contribution in [3.05, 3.63) is 69.8 Å². The van der Waals surface area contributed by atoms with Crippen LogP contribution < -0.4 is 10.5 Å². The third kappa shape index (κ3) is 5.43. The van der Waals surface area contributed by atoms with Crippen LogP contribution in [0.2, 0.25) is 0 Å². The Morgan fingerprint density at radius 3 is 2.46 bits per heavy atom. The molecule has 0 radical (unpaired) electrons. The lowest BCUT2D eigenvalue weighted by Crippen LogP contribution is -2.35. The molecule has 2 atom stereocenters. The maximum Gasteiger partial charge on any atom is 0.416 e. The monoisotopic (exact) mass is 570 g/mol. The highest BCUT2D eigenvalue weighted by atomic mass is 19.4. The van der Waals surface area contributed by atoms with Crippen LogP contribution in [0.25, 0.3) is 5.57 Å². The number of alkyl halides is 3. The van der Waals surface area contributed by atoms with Gasteiger partial charge in [-0.15, -0.1) is 0 Å². The molecule has 0 aromatic heterocycles. The largest absolute Gasteiger partial charge is 0.496 e. The van der Waals surface area contributed by atoms with Gasteiger partial charge in [-0.3, -0.25) is 9.69 Å². The number of rotatable bonds is 7. The van der Waals surface area contributed by atoms with Gasteiger partial charge in [0.15, 0.2) is 0 Å². The van der Waals surface area contributed by atoms with Gasteiger partial charge in [-0.05, 0) is 97.9 Å². The Morgan fingerprint density at radius 1 is 1.15 bits per heavy atom. The van der Waals surface area contributed by atoms with Crippen molar-refractivity contribution in [2.75, 3.05) is 13.7 Å². The molecule has 1 saturated carbocycles. The smallest absolute Gasteiger partial charge is 0.416 e. The number of primary amides is 1. The van der Waals surface area contributed by atoms with Gasteiger partial charge < -0.3 is 15.2 Å². The fraction of sp³-hybridized carbons (Fsp3) is 0.500. The second-order valence-electron chi connectivity index (χ2n) is 12.6. The van der Waals surface area contributed by atoms with Crippen LogP contribution in [0, 0.1) is 12.3 Å². The zero-order chi connectivity index (χ0) is 29.9. The summed E-state index contributed by atoms with van der Waals surface area (Å²) < 4.78 is 52.0. The van der Waals surface area contributed by atoms with Gasteiger partial charge in [-0.25, -0.2) is 4.79 Å². The molecule has 1 saturated heterocycles. The normalized spacial score (nSPS) is 23.4. The molecule has 1 aliphatic heterocycles. The molecule has 2 N–H and O–H groups in total. The van der Waals surface area contributed by atoms with Crippen molar-refractivity contribution in [1.29, 1.82) is 0 Å². The molecule has 1 heterocycles. The predicted octanol–water partition coefficient (Wildman–Crippen LogP) is 7.09. The molecule has 0 spiro atoms. The number of carbonyl (C=O) groups is 2. The van der Waals surface area contributed by atoms with Crippen molar-refractivity contribution < 1.29 is 32.2 Å². The zero-order valence-corrected chi connectivity index (χ0v) is 24.2. The van der Waals surface area contributed by atoms with Crippen LogP contribution in [0.1, 0.15) is 86.8 Å². The first-order chi connectivity index (χ1) is 19.1. The second kappa shape index (κ2) is 10.1. The van der Waals surface area contributed by atoms with E-state index >= 15 is 0 Å². The fourth-order valence-electron chi connectivity index (χ4n) is 6.44. The van der Waals surface area contributed by atoms with Crippen molar-refractivity contribution in [1.82, 2.24) is 4.90 Å². The van der Waals surface area contributed by atoms with Gasteiger partial charge in [0.25, 0.3) is 0 Å². The number of methoxy groups -OCH3 is 1. The number of amides is 2. The number of benzene rings is 2. The molecule has 2 aromatic carbocycles. The number of allylic oxidation sites excluding steroid dienone is 1. The van der Waals surface area contributed by atoms with E-state index in [0.717, 1.165) is 53.7 Å². The van der Waals surface area contributed by atoms with Crippen molar-refractivity contribution in [2.24, 2.45) is 11.1 Å². The van der Waals surface area contributed by atoms with Gasteiger partial charge in [0.2, 0.25) is 5.91 Å². The summed E-state index contributed by atoms with van der Waals surface area (Å²) in [4.78, 5) is 27.1. The van der Waals surface area contributed by atoms with Gasteiger partial charge in [-0.1, -0.05) is 31.5 Å². The van der Waals surface area contributed by atoms with Gasteiger partial charge in [0, 0.05) is 12.1 Å². The van der Waals surface area contributed by atoms with Gasteiger partial charge in [0.1, 0.15) is 11.9 Å². The van der Waals surface area contributed by atoms with E-state index in [2.05, 4.69) is 13.8 Å². The molecule has 2 aliphatic carbocycles. The Hall–Kier alpha value is -3.49. The molecule has 41 heavy (non-hydrogen) atoms. The molecule has 3 aliphatic rings. The number of ether oxygens (including phenoxy) is 2. The summed E-state index contributed by atoms with van der Waals surface area (Å²) >= 11 is 0. The quantitative estimate of drug-likeness (QED) is 0.386. The van der Waals surface area contributed by atoms with E-state index in [0.29, 0.717) is 29.7 Å². The fourth-order valence-corrected chi connectivity index (χ4v) is 6.44. The Bertz CT molecular complexity index is 1420. The average Bonchev–Trinajstić information content (AvgIpc) is 3.66. The van der Waals surface area contributed by atoms with Crippen LogP contribution >= 0.6 is 0 Å². The molecule has 9 heteroatoms. The third-order valence-corrected chi connectivity index (χ3v) is 8.98. The molecular weight excluding hydrogens is 533 g/mol. The summed E-state index contributed by atoms with van der Waals surface area (Å²) in [7, 11) is 1.61. The Kier molecular flexibility index (Phi) is 7.15. The molecule has 0 bridgehead atoms. The standard InChI is InChI=1S/C32H37F3N2O4/c1-18-12-20(14-23(13-18)32(33,34)35)27-19(2)37(29(39)41-27)17-21-16-30(3,4)9-8-24(21)25-15-22(6-7-26(25)40-5)31(10-11-31)28(36)38/h6-7,12-15,19,27H,8-11,16-17H2,1-5H3,(H2,36,38)/t19-,27-/m0/s1. The Morgan fingerprint density at radius 2 is 1.85 bits per heavy atom. The SMILES string of the molecule is COc1ccc(C2(C(N)=O)CC2)cc1C1=C(CN2C(=O)O[C@H](c3cc(C)cc(C(F)(F)F)c3)[C@@H]2C)CC(C)(C)CC1. The summed E-state index contributed by atoms with van der Waals surface area (Å²) in [6.45, 7) is 8.06. The first-order valence-corrected chi connectivity index (χ1v) is 14.0. The summed E-state index contributed by atoms with van der Waals surface area (Å²) in [5, 5.41) is 0.